The highest BCUT2D eigenvalue weighted by molar-refractivity contribution is 9.10. The molecule has 3 aromatic rings. The van der Waals surface area contributed by atoms with Gasteiger partial charge in [0.2, 0.25) is 5.50 Å². The summed E-state index contributed by atoms with van der Waals surface area (Å²) >= 11 is 15.4. The summed E-state index contributed by atoms with van der Waals surface area (Å²) in [5.74, 6) is 0.356. The number of furan rings is 1. The van der Waals surface area contributed by atoms with Crippen molar-refractivity contribution in [1.82, 2.24) is 9.97 Å². The number of nitrogens with two attached hydrogens (primary N) is 1. The fourth-order valence-corrected chi connectivity index (χ4v) is 3.30. The first-order valence-electron chi connectivity index (χ1n) is 5.68. The van der Waals surface area contributed by atoms with Crippen LogP contribution >= 0.6 is 46.7 Å². The monoisotopic (exact) mass is 425 g/mol. The molecule has 5 N–H and O–H groups in total. The lowest BCUT2D eigenvalue weighted by Crippen LogP contribution is -1.98. The van der Waals surface area contributed by atoms with E-state index >= 15 is 0 Å². The number of rotatable bonds is 2. The van der Waals surface area contributed by atoms with Gasteiger partial charge < -0.3 is 24.9 Å². The number of nitrogens with one attached hydrogen (secondary N) is 1. The highest BCUT2D eigenvalue weighted by Gasteiger charge is 2.24. The van der Waals surface area contributed by atoms with Gasteiger partial charge >= 0.3 is 7.60 Å². The van der Waals surface area contributed by atoms with Crippen molar-refractivity contribution in [2.24, 2.45) is 0 Å². The number of aromatic amines is 1. The SMILES string of the molecule is Nc1c(Br)c(Cl)c(Cl)c2[nH]c(-c3ccc(P(=O)(O)O)o3)nc12. The molecule has 0 atom stereocenters. The van der Waals surface area contributed by atoms with Gasteiger partial charge in [-0.15, -0.1) is 0 Å². The van der Waals surface area contributed by atoms with E-state index in [9.17, 15) is 4.57 Å². The van der Waals surface area contributed by atoms with Gasteiger partial charge in [0.1, 0.15) is 5.52 Å². The predicted molar refractivity (Wildman–Crippen MR) is 87.6 cm³/mol. The Morgan fingerprint density at radius 2 is 2.00 bits per heavy atom. The minimum Gasteiger partial charge on any atom is -0.445 e. The lowest BCUT2D eigenvalue weighted by molar-refractivity contribution is 0.377. The fraction of sp³-hybridized carbons (Fsp3) is 0. The quantitative estimate of drug-likeness (QED) is 0.283. The highest BCUT2D eigenvalue weighted by Crippen LogP contribution is 2.42. The zero-order valence-electron chi connectivity index (χ0n) is 10.5. The molecule has 0 amide bonds. The van der Waals surface area contributed by atoms with E-state index in [4.69, 9.17) is 43.1 Å². The van der Waals surface area contributed by atoms with Gasteiger partial charge in [0.05, 0.1) is 25.7 Å². The van der Waals surface area contributed by atoms with Gasteiger partial charge in [-0.3, -0.25) is 4.57 Å². The zero-order chi connectivity index (χ0) is 16.2. The summed E-state index contributed by atoms with van der Waals surface area (Å²) in [6.07, 6.45) is 0. The minimum absolute atomic E-state index is 0.136. The van der Waals surface area contributed by atoms with E-state index in [1.807, 2.05) is 0 Å². The number of imidazole rings is 1. The molecule has 0 saturated carbocycles. The Labute approximate surface area is 141 Å². The van der Waals surface area contributed by atoms with Crippen LogP contribution in [0.3, 0.4) is 0 Å². The van der Waals surface area contributed by atoms with Gasteiger partial charge in [0.25, 0.3) is 0 Å². The molecular weight excluding hydrogens is 420 g/mol. The van der Waals surface area contributed by atoms with E-state index in [2.05, 4.69) is 25.9 Å². The standard InChI is InChI=1S/C11H7BrCl2N3O4P/c12-5-6(13)7(14)9-10(8(5)15)17-11(16-9)3-1-2-4(21-3)22(18,19)20/h1-2H,15H2,(H,16,17)(H2,18,19,20). The number of nitrogen functional groups attached to an aromatic ring is 1. The lowest BCUT2D eigenvalue weighted by atomic mass is 10.3. The third-order valence-electron chi connectivity index (χ3n) is 2.91. The average molecular weight is 427 g/mol. The Balaban J connectivity index is 2.22. The first-order chi connectivity index (χ1) is 10.2. The van der Waals surface area contributed by atoms with Crippen LogP contribution in [0.25, 0.3) is 22.6 Å². The third-order valence-corrected chi connectivity index (χ3v) is 5.63. The van der Waals surface area contributed by atoms with E-state index < -0.39 is 13.1 Å². The molecule has 1 aromatic carbocycles. The van der Waals surface area contributed by atoms with Crippen molar-refractivity contribution < 1.29 is 18.8 Å². The summed E-state index contributed by atoms with van der Waals surface area (Å²) in [7, 11) is -4.47. The second kappa shape index (κ2) is 5.26. The maximum Gasteiger partial charge on any atom is 0.391 e. The number of hydrogen-bond donors (Lipinski definition) is 4. The highest BCUT2D eigenvalue weighted by atomic mass is 79.9. The number of halogens is 3. The van der Waals surface area contributed by atoms with Crippen LogP contribution in [0, 0.1) is 0 Å². The maximum absolute atomic E-state index is 11.2. The molecule has 2 aromatic heterocycles. The molecule has 7 nitrogen and oxygen atoms in total. The minimum atomic E-state index is -4.47. The molecule has 0 radical (unpaired) electrons. The second-order valence-electron chi connectivity index (χ2n) is 4.35. The number of anilines is 1. The van der Waals surface area contributed by atoms with Crippen molar-refractivity contribution in [2.75, 3.05) is 5.73 Å². The van der Waals surface area contributed by atoms with Crippen LogP contribution in [0.1, 0.15) is 0 Å². The molecule has 0 bridgehead atoms. The maximum atomic E-state index is 11.2. The zero-order valence-corrected chi connectivity index (χ0v) is 14.5. The van der Waals surface area contributed by atoms with Crippen LogP contribution in [0.5, 0.6) is 0 Å². The first-order valence-corrected chi connectivity index (χ1v) is 8.84. The summed E-state index contributed by atoms with van der Waals surface area (Å²) < 4.78 is 16.7. The molecule has 0 aliphatic rings. The summed E-state index contributed by atoms with van der Waals surface area (Å²) in [6, 6.07) is 2.56. The molecule has 0 fully saturated rings. The summed E-state index contributed by atoms with van der Waals surface area (Å²) in [5.41, 5.74) is 6.52. The summed E-state index contributed by atoms with van der Waals surface area (Å²) in [6.45, 7) is 0. The average Bonchev–Trinajstić information content (AvgIpc) is 3.08. The van der Waals surface area contributed by atoms with Crippen molar-refractivity contribution in [1.29, 1.82) is 0 Å². The number of benzene rings is 1. The van der Waals surface area contributed by atoms with Gasteiger partial charge in [-0.2, -0.15) is 0 Å². The van der Waals surface area contributed by atoms with E-state index in [0.29, 0.717) is 15.5 Å². The van der Waals surface area contributed by atoms with Crippen molar-refractivity contribution in [2.45, 2.75) is 0 Å². The molecule has 0 aliphatic heterocycles. The lowest BCUT2D eigenvalue weighted by Gasteiger charge is -2.04. The number of aromatic nitrogens is 2. The second-order valence-corrected chi connectivity index (χ2v) is 7.42. The number of hydrogen-bond acceptors (Lipinski definition) is 4. The normalized spacial score (nSPS) is 12.2. The summed E-state index contributed by atoms with van der Waals surface area (Å²) in [4.78, 5) is 25.3. The van der Waals surface area contributed by atoms with Crippen molar-refractivity contribution in [3.05, 3.63) is 26.7 Å². The van der Waals surface area contributed by atoms with Crippen LogP contribution in [-0.2, 0) is 4.57 Å². The summed E-state index contributed by atoms with van der Waals surface area (Å²) in [5, 5.41) is 0.454. The van der Waals surface area contributed by atoms with Crippen molar-refractivity contribution in [3.8, 4) is 11.6 Å². The van der Waals surface area contributed by atoms with Crippen LogP contribution in [-0.4, -0.2) is 19.8 Å². The Morgan fingerprint density at radius 1 is 1.32 bits per heavy atom. The number of fused-ring (bicyclic) bond motifs is 1. The number of nitrogens with zero attached hydrogens (tertiary/aromatic N) is 1. The Kier molecular flexibility index (Phi) is 3.79. The molecule has 11 heteroatoms. The van der Waals surface area contributed by atoms with Crippen LogP contribution in [0.2, 0.25) is 10.0 Å². The Morgan fingerprint density at radius 3 is 2.59 bits per heavy atom. The van der Waals surface area contributed by atoms with Gasteiger partial charge in [0.15, 0.2) is 11.6 Å². The fourth-order valence-electron chi connectivity index (χ4n) is 1.88. The van der Waals surface area contributed by atoms with E-state index in [0.717, 1.165) is 0 Å². The molecular formula is C11H7BrCl2N3O4P. The topological polar surface area (TPSA) is 125 Å². The van der Waals surface area contributed by atoms with Crippen LogP contribution < -0.4 is 11.2 Å². The smallest absolute Gasteiger partial charge is 0.391 e. The van der Waals surface area contributed by atoms with Gasteiger partial charge in [-0.25, -0.2) is 4.98 Å². The van der Waals surface area contributed by atoms with Gasteiger partial charge in [-0.1, -0.05) is 23.2 Å². The van der Waals surface area contributed by atoms with Crippen LogP contribution in [0.15, 0.2) is 21.0 Å². The predicted octanol–water partition coefficient (Wildman–Crippen LogP) is 3.28. The van der Waals surface area contributed by atoms with Crippen molar-refractivity contribution >= 4 is 68.9 Å². The molecule has 0 saturated heterocycles. The molecule has 0 aliphatic carbocycles. The van der Waals surface area contributed by atoms with E-state index in [1.54, 1.807) is 0 Å². The van der Waals surface area contributed by atoms with E-state index in [1.165, 1.54) is 12.1 Å². The first kappa shape index (κ1) is 15.9. The van der Waals surface area contributed by atoms with Gasteiger partial charge in [-0.05, 0) is 28.1 Å². The Bertz CT molecular complexity index is 904. The van der Waals surface area contributed by atoms with Crippen LogP contribution in [0.4, 0.5) is 5.69 Å². The molecule has 116 valence electrons. The molecule has 0 unspecified atom stereocenters. The van der Waals surface area contributed by atoms with Gasteiger partial charge in [0, 0.05) is 0 Å². The molecule has 0 spiro atoms. The molecule has 3 rings (SSSR count). The largest absolute Gasteiger partial charge is 0.445 e. The molecule has 2 heterocycles. The number of H-pyrrole nitrogens is 1. The van der Waals surface area contributed by atoms with E-state index in [-0.39, 0.29) is 27.3 Å². The molecule has 22 heavy (non-hydrogen) atoms. The Hall–Kier alpha value is -1.02. The van der Waals surface area contributed by atoms with Crippen molar-refractivity contribution in [3.63, 3.8) is 0 Å². The third kappa shape index (κ3) is 2.46.